The zero-order valence-electron chi connectivity index (χ0n) is 15.0. The average Bonchev–Trinajstić information content (AvgIpc) is 3.14. The second kappa shape index (κ2) is 5.17. The topological polar surface area (TPSA) is 42.2 Å². The molecule has 0 aromatic carbocycles. The highest BCUT2D eigenvalue weighted by molar-refractivity contribution is 7.19. The molecular weight excluding hydrogens is 340 g/mol. The standard InChI is InChI=1S/C21H24N4S/c1-3-25(4-2)15-8-12-9-21(10-14(15)21)18(12)24-19-17-13-6-5-7-16(13)26-20(17)23-11-22-19/h3-4,11-12,14-15,18H,1-2,5-10H2,(H,22,23,24)/p+1. The maximum absolute atomic E-state index is 4.69. The van der Waals surface area contributed by atoms with E-state index in [-0.39, 0.29) is 0 Å². The Kier molecular flexibility index (Phi) is 3.05. The van der Waals surface area contributed by atoms with Gasteiger partial charge in [0.2, 0.25) is 0 Å². The molecule has 2 bridgehead atoms. The fraction of sp³-hybridized carbons (Fsp3) is 0.524. The van der Waals surface area contributed by atoms with Crippen molar-refractivity contribution in [1.82, 2.24) is 9.97 Å². The molecule has 5 aliphatic rings. The van der Waals surface area contributed by atoms with Crippen LogP contribution in [-0.2, 0) is 12.8 Å². The second-order valence-electron chi connectivity index (χ2n) is 8.64. The van der Waals surface area contributed by atoms with Crippen LogP contribution in [0.2, 0.25) is 0 Å². The number of hydrogen-bond acceptors (Lipinski definition) is 4. The molecule has 2 heterocycles. The number of aryl methyl sites for hydroxylation is 2. The Morgan fingerprint density at radius 3 is 2.96 bits per heavy atom. The van der Waals surface area contributed by atoms with E-state index in [0.717, 1.165) is 17.7 Å². The van der Waals surface area contributed by atoms with Gasteiger partial charge in [0.25, 0.3) is 0 Å². The minimum atomic E-state index is 0.501. The summed E-state index contributed by atoms with van der Waals surface area (Å²) in [5, 5.41) is 5.24. The molecule has 26 heavy (non-hydrogen) atoms. The third kappa shape index (κ3) is 1.83. The molecule has 7 rings (SSSR count). The molecule has 134 valence electrons. The van der Waals surface area contributed by atoms with Gasteiger partial charge in [-0.3, -0.25) is 4.90 Å². The number of fused-ring (bicyclic) bond motifs is 4. The fourth-order valence-electron chi connectivity index (χ4n) is 6.44. The van der Waals surface area contributed by atoms with Crippen LogP contribution in [0.25, 0.3) is 10.2 Å². The molecule has 5 heteroatoms. The van der Waals surface area contributed by atoms with E-state index < -0.39 is 0 Å². The van der Waals surface area contributed by atoms with Crippen molar-refractivity contribution in [3.05, 3.63) is 42.3 Å². The van der Waals surface area contributed by atoms with Crippen molar-refractivity contribution in [3.63, 3.8) is 0 Å². The Balaban J connectivity index is 1.31. The Morgan fingerprint density at radius 2 is 2.12 bits per heavy atom. The van der Waals surface area contributed by atoms with Crippen LogP contribution >= 0.6 is 11.3 Å². The van der Waals surface area contributed by atoms with Gasteiger partial charge in [0.15, 0.2) is 0 Å². The molecule has 0 saturated heterocycles. The summed E-state index contributed by atoms with van der Waals surface area (Å²) in [7, 11) is 0. The fourth-order valence-corrected chi connectivity index (χ4v) is 7.67. The Bertz CT molecular complexity index is 925. The first-order valence-electron chi connectivity index (χ1n) is 9.88. The van der Waals surface area contributed by atoms with E-state index in [1.165, 1.54) is 64.1 Å². The van der Waals surface area contributed by atoms with E-state index in [1.807, 2.05) is 23.7 Å². The van der Waals surface area contributed by atoms with Crippen LogP contribution in [0.3, 0.4) is 0 Å². The highest BCUT2D eigenvalue weighted by Crippen LogP contribution is 2.73. The zero-order chi connectivity index (χ0) is 17.5. The predicted octanol–water partition coefficient (Wildman–Crippen LogP) is 2.93. The van der Waals surface area contributed by atoms with Crippen molar-refractivity contribution in [2.45, 2.75) is 50.6 Å². The largest absolute Gasteiger partial charge is 0.366 e. The van der Waals surface area contributed by atoms with Crippen LogP contribution in [0.15, 0.2) is 31.9 Å². The van der Waals surface area contributed by atoms with Gasteiger partial charge >= 0.3 is 0 Å². The average molecular weight is 366 g/mol. The number of nitrogens with one attached hydrogen (secondary N) is 2. The van der Waals surface area contributed by atoms with Crippen LogP contribution < -0.4 is 10.2 Å². The van der Waals surface area contributed by atoms with Gasteiger partial charge in [-0.05, 0) is 56.7 Å². The van der Waals surface area contributed by atoms with Crippen molar-refractivity contribution < 1.29 is 4.90 Å². The first kappa shape index (κ1) is 15.3. The van der Waals surface area contributed by atoms with Crippen LogP contribution in [0.1, 0.15) is 36.1 Å². The third-order valence-electron chi connectivity index (χ3n) is 7.65. The van der Waals surface area contributed by atoms with Crippen LogP contribution in [0.4, 0.5) is 5.82 Å². The molecule has 4 nitrogen and oxygen atoms in total. The van der Waals surface area contributed by atoms with Gasteiger partial charge in [-0.25, -0.2) is 9.97 Å². The molecule has 1 spiro atoms. The zero-order valence-corrected chi connectivity index (χ0v) is 15.8. The number of anilines is 1. The number of aromatic nitrogens is 2. The molecule has 0 radical (unpaired) electrons. The quantitative estimate of drug-likeness (QED) is 0.856. The first-order valence-corrected chi connectivity index (χ1v) is 10.7. The highest BCUT2D eigenvalue weighted by Gasteiger charge is 2.75. The van der Waals surface area contributed by atoms with E-state index in [2.05, 4.69) is 28.4 Å². The third-order valence-corrected chi connectivity index (χ3v) is 8.85. The SMILES string of the molecule is C=C[NH+](C=C)C1CC2CC3(CC13)C2Nc1ncnc2sc3c(c12)CCC3. The molecule has 5 unspecified atom stereocenters. The minimum absolute atomic E-state index is 0.501. The van der Waals surface area contributed by atoms with Crippen molar-refractivity contribution >= 4 is 27.4 Å². The minimum Gasteiger partial charge on any atom is -0.366 e. The predicted molar refractivity (Wildman–Crippen MR) is 105 cm³/mol. The van der Waals surface area contributed by atoms with E-state index in [9.17, 15) is 0 Å². The van der Waals surface area contributed by atoms with E-state index in [1.54, 1.807) is 6.33 Å². The molecule has 0 aliphatic heterocycles. The van der Waals surface area contributed by atoms with Gasteiger partial charge in [0, 0.05) is 28.7 Å². The lowest BCUT2D eigenvalue weighted by Crippen LogP contribution is -3.08. The lowest BCUT2D eigenvalue weighted by Gasteiger charge is -2.53. The van der Waals surface area contributed by atoms with Gasteiger partial charge in [-0.1, -0.05) is 0 Å². The second-order valence-corrected chi connectivity index (χ2v) is 9.72. The highest BCUT2D eigenvalue weighted by atomic mass is 32.1. The summed E-state index contributed by atoms with van der Waals surface area (Å²) in [6.07, 6.45) is 13.5. The van der Waals surface area contributed by atoms with Gasteiger partial charge in [-0.2, -0.15) is 0 Å². The summed E-state index contributed by atoms with van der Waals surface area (Å²) in [5.41, 5.74) is 2.02. The first-order chi connectivity index (χ1) is 12.7. The summed E-state index contributed by atoms with van der Waals surface area (Å²) in [4.78, 5) is 13.3. The van der Waals surface area contributed by atoms with Gasteiger partial charge < -0.3 is 5.32 Å². The van der Waals surface area contributed by atoms with Crippen molar-refractivity contribution in [2.75, 3.05) is 5.32 Å². The molecule has 2 N–H and O–H groups in total. The Hall–Kier alpha value is -1.72. The smallest absolute Gasteiger partial charge is 0.138 e. The van der Waals surface area contributed by atoms with Crippen LogP contribution in [-0.4, -0.2) is 22.1 Å². The number of thiophene rings is 1. The Labute approximate surface area is 158 Å². The molecule has 5 aliphatic carbocycles. The van der Waals surface area contributed by atoms with Crippen LogP contribution in [0.5, 0.6) is 0 Å². The number of nitrogens with zero attached hydrogens (tertiary/aromatic N) is 2. The van der Waals surface area contributed by atoms with E-state index in [0.29, 0.717) is 17.5 Å². The van der Waals surface area contributed by atoms with Crippen LogP contribution in [0, 0.1) is 17.3 Å². The summed E-state index contributed by atoms with van der Waals surface area (Å²) < 4.78 is 0. The lowest BCUT2D eigenvalue weighted by molar-refractivity contribution is -0.826. The maximum Gasteiger partial charge on any atom is 0.138 e. The molecule has 0 amide bonds. The summed E-state index contributed by atoms with van der Waals surface area (Å²) in [5.74, 6) is 2.66. The maximum atomic E-state index is 4.69. The normalized spacial score (nSPS) is 36.3. The molecule has 4 fully saturated rings. The lowest BCUT2D eigenvalue weighted by atomic mass is 9.58. The van der Waals surface area contributed by atoms with Crippen molar-refractivity contribution in [1.29, 1.82) is 0 Å². The molecule has 5 atom stereocenters. The summed E-state index contributed by atoms with van der Waals surface area (Å²) >= 11 is 1.88. The molecular formula is C21H25N4S+. The summed E-state index contributed by atoms with van der Waals surface area (Å²) in [6, 6.07) is 1.27. The van der Waals surface area contributed by atoms with E-state index >= 15 is 0 Å². The number of hydrogen-bond donors (Lipinski definition) is 2. The number of rotatable bonds is 5. The summed E-state index contributed by atoms with van der Waals surface area (Å²) in [6.45, 7) is 8.01. The van der Waals surface area contributed by atoms with Gasteiger partial charge in [-0.15, -0.1) is 11.3 Å². The van der Waals surface area contributed by atoms with Gasteiger partial charge in [0.05, 0.1) is 23.8 Å². The monoisotopic (exact) mass is 365 g/mol. The molecule has 2 aromatic heterocycles. The molecule has 2 aromatic rings. The number of quaternary nitrogens is 1. The van der Waals surface area contributed by atoms with E-state index in [4.69, 9.17) is 0 Å². The Morgan fingerprint density at radius 1 is 1.23 bits per heavy atom. The van der Waals surface area contributed by atoms with Gasteiger partial charge in [0.1, 0.15) is 17.0 Å². The van der Waals surface area contributed by atoms with Crippen molar-refractivity contribution in [2.24, 2.45) is 17.3 Å². The molecule has 4 saturated carbocycles. The van der Waals surface area contributed by atoms with Crippen molar-refractivity contribution in [3.8, 4) is 0 Å².